The lowest BCUT2D eigenvalue weighted by Gasteiger charge is -2.21. The first-order chi connectivity index (χ1) is 11.6. The maximum atomic E-state index is 2.62. The zero-order valence-corrected chi connectivity index (χ0v) is 22.1. The van der Waals surface area contributed by atoms with Crippen molar-refractivity contribution < 1.29 is 0 Å². The molecule has 0 unspecified atom stereocenters. The molecule has 24 heavy (non-hydrogen) atoms. The summed E-state index contributed by atoms with van der Waals surface area (Å²) in [7, 11) is 0. The van der Waals surface area contributed by atoms with Gasteiger partial charge in [-0.25, -0.2) is 0 Å². The Labute approximate surface area is 191 Å². The summed E-state index contributed by atoms with van der Waals surface area (Å²) in [6.07, 6.45) is 15.9. The average molecular weight is 666 g/mol. The fraction of sp³-hybridized carbons (Fsp3) is 0.714. The van der Waals surface area contributed by atoms with Crippen LogP contribution in [0.2, 0.25) is 0 Å². The van der Waals surface area contributed by atoms with Crippen LogP contribution in [0, 0.1) is 10.7 Å². The normalized spacial score (nSPS) is 11.2. The van der Waals surface area contributed by atoms with E-state index in [0.717, 1.165) is 0 Å². The van der Waals surface area contributed by atoms with Gasteiger partial charge in [-0.05, 0) is 123 Å². The highest BCUT2D eigenvalue weighted by molar-refractivity contribution is 14.1. The summed E-state index contributed by atoms with van der Waals surface area (Å²) in [6.45, 7) is 6.92. The lowest BCUT2D eigenvalue weighted by Crippen LogP contribution is -2.09. The summed E-state index contributed by atoms with van der Waals surface area (Å²) >= 11 is 7.83. The Morgan fingerprint density at radius 3 is 1.12 bits per heavy atom. The predicted octanol–water partition coefficient (Wildman–Crippen LogP) is 8.70. The zero-order valence-electron chi connectivity index (χ0n) is 15.6. The Balaban J connectivity index is 3.19. The summed E-state index contributed by atoms with van der Waals surface area (Å²) in [5, 5.41) is 0. The van der Waals surface area contributed by atoms with Gasteiger partial charge in [0.05, 0.1) is 0 Å². The molecular formula is C21H33I3. The molecule has 138 valence electrons. The quantitative estimate of drug-likeness (QED) is 0.119. The molecule has 0 atom stereocenters. The average Bonchev–Trinajstić information content (AvgIpc) is 2.58. The van der Waals surface area contributed by atoms with Gasteiger partial charge in [-0.2, -0.15) is 0 Å². The lowest BCUT2D eigenvalue weighted by atomic mass is 9.90. The summed E-state index contributed by atoms with van der Waals surface area (Å²) in [4.78, 5) is 0. The predicted molar refractivity (Wildman–Crippen MR) is 134 cm³/mol. The molecule has 0 bridgehead atoms. The molecule has 0 spiro atoms. The number of halogens is 3. The van der Waals surface area contributed by atoms with Gasteiger partial charge in [0.15, 0.2) is 0 Å². The Bertz CT molecular complexity index is 457. The van der Waals surface area contributed by atoms with Crippen LogP contribution >= 0.6 is 67.8 Å². The third-order valence-corrected chi connectivity index (χ3v) is 10.3. The van der Waals surface area contributed by atoms with Crippen LogP contribution < -0.4 is 0 Å². The largest absolute Gasteiger partial charge is 0.0654 e. The van der Waals surface area contributed by atoms with Gasteiger partial charge >= 0.3 is 0 Å². The van der Waals surface area contributed by atoms with Crippen LogP contribution in [0.1, 0.15) is 95.2 Å². The van der Waals surface area contributed by atoms with Crippen molar-refractivity contribution >= 4 is 67.8 Å². The molecule has 1 rings (SSSR count). The maximum absolute atomic E-state index is 2.62. The molecule has 0 fully saturated rings. The first-order valence-corrected chi connectivity index (χ1v) is 13.0. The molecule has 0 aliphatic heterocycles. The van der Waals surface area contributed by atoms with E-state index in [1.807, 2.05) is 0 Å². The van der Waals surface area contributed by atoms with Crippen LogP contribution in [0.4, 0.5) is 0 Å². The number of benzene rings is 1. The second-order valence-corrected chi connectivity index (χ2v) is 9.99. The van der Waals surface area contributed by atoms with E-state index >= 15 is 0 Å². The SMILES string of the molecule is CCCCCc1c(I)c(I)c(I)c(CCCCC)c1CCCCC. The highest BCUT2D eigenvalue weighted by Gasteiger charge is 2.19. The van der Waals surface area contributed by atoms with Gasteiger partial charge in [0.25, 0.3) is 0 Å². The van der Waals surface area contributed by atoms with Crippen LogP contribution in [0.25, 0.3) is 0 Å². The van der Waals surface area contributed by atoms with E-state index in [1.165, 1.54) is 80.6 Å². The number of hydrogen-bond donors (Lipinski definition) is 0. The van der Waals surface area contributed by atoms with E-state index in [-0.39, 0.29) is 0 Å². The fourth-order valence-corrected chi connectivity index (χ4v) is 6.18. The minimum absolute atomic E-state index is 1.28. The number of rotatable bonds is 12. The molecule has 0 heterocycles. The van der Waals surface area contributed by atoms with Crippen LogP contribution in [0.5, 0.6) is 0 Å². The van der Waals surface area contributed by atoms with Crippen molar-refractivity contribution in [3.63, 3.8) is 0 Å². The molecule has 1 aromatic rings. The third-order valence-electron chi connectivity index (χ3n) is 4.73. The van der Waals surface area contributed by atoms with Crippen molar-refractivity contribution in [2.45, 2.75) is 97.8 Å². The smallest absolute Gasteiger partial charge is 0.0403 e. The Morgan fingerprint density at radius 1 is 0.458 bits per heavy atom. The van der Waals surface area contributed by atoms with Gasteiger partial charge < -0.3 is 0 Å². The van der Waals surface area contributed by atoms with Gasteiger partial charge in [-0.3, -0.25) is 0 Å². The summed E-state index contributed by atoms with van der Waals surface area (Å²) < 4.78 is 4.59. The van der Waals surface area contributed by atoms with Gasteiger partial charge in [0, 0.05) is 10.7 Å². The molecule has 0 saturated carbocycles. The van der Waals surface area contributed by atoms with E-state index in [2.05, 4.69) is 88.5 Å². The highest BCUT2D eigenvalue weighted by atomic mass is 127. The van der Waals surface area contributed by atoms with Crippen molar-refractivity contribution in [2.75, 3.05) is 0 Å². The topological polar surface area (TPSA) is 0 Å². The van der Waals surface area contributed by atoms with E-state index in [1.54, 1.807) is 23.8 Å². The van der Waals surface area contributed by atoms with Gasteiger partial charge in [-0.15, -0.1) is 0 Å². The first-order valence-electron chi connectivity index (χ1n) is 9.75. The van der Waals surface area contributed by atoms with Crippen LogP contribution in [-0.4, -0.2) is 0 Å². The Kier molecular flexibility index (Phi) is 13.2. The number of unbranched alkanes of at least 4 members (excludes halogenated alkanes) is 6. The van der Waals surface area contributed by atoms with Crippen molar-refractivity contribution in [3.8, 4) is 0 Å². The van der Waals surface area contributed by atoms with Crippen molar-refractivity contribution in [1.82, 2.24) is 0 Å². The molecule has 0 saturated heterocycles. The summed E-state index contributed by atoms with van der Waals surface area (Å²) in [5.41, 5.74) is 5.11. The minimum atomic E-state index is 1.28. The zero-order chi connectivity index (χ0) is 17.9. The lowest BCUT2D eigenvalue weighted by molar-refractivity contribution is 0.674. The fourth-order valence-electron chi connectivity index (χ4n) is 3.29. The first kappa shape index (κ1) is 23.4. The standard InChI is InChI=1S/C21H33I3/c1-4-7-10-13-16-17(14-11-8-5-2)19(22)21(24)20(23)18(16)15-12-9-6-3/h4-15H2,1-3H3. The van der Waals surface area contributed by atoms with E-state index in [9.17, 15) is 0 Å². The Morgan fingerprint density at radius 2 is 0.792 bits per heavy atom. The molecular weight excluding hydrogens is 633 g/mol. The monoisotopic (exact) mass is 666 g/mol. The van der Waals surface area contributed by atoms with E-state index < -0.39 is 0 Å². The third kappa shape index (κ3) is 7.20. The second kappa shape index (κ2) is 13.6. The minimum Gasteiger partial charge on any atom is -0.0654 e. The van der Waals surface area contributed by atoms with Crippen LogP contribution in [0.15, 0.2) is 0 Å². The molecule has 0 aliphatic rings. The van der Waals surface area contributed by atoms with Crippen molar-refractivity contribution in [3.05, 3.63) is 27.4 Å². The highest BCUT2D eigenvalue weighted by Crippen LogP contribution is 2.35. The molecule has 0 amide bonds. The van der Waals surface area contributed by atoms with Gasteiger partial charge in [0.2, 0.25) is 0 Å². The number of hydrogen-bond acceptors (Lipinski definition) is 0. The summed E-state index contributed by atoms with van der Waals surface area (Å²) in [6, 6.07) is 0. The Hall–Kier alpha value is 1.41. The van der Waals surface area contributed by atoms with E-state index in [4.69, 9.17) is 0 Å². The van der Waals surface area contributed by atoms with Crippen LogP contribution in [0.3, 0.4) is 0 Å². The molecule has 3 heteroatoms. The van der Waals surface area contributed by atoms with Crippen molar-refractivity contribution in [1.29, 1.82) is 0 Å². The van der Waals surface area contributed by atoms with Crippen LogP contribution in [-0.2, 0) is 19.3 Å². The molecule has 0 N–H and O–H groups in total. The molecule has 0 nitrogen and oxygen atoms in total. The van der Waals surface area contributed by atoms with E-state index in [0.29, 0.717) is 0 Å². The molecule has 0 radical (unpaired) electrons. The van der Waals surface area contributed by atoms with Gasteiger partial charge in [-0.1, -0.05) is 59.3 Å². The molecule has 0 aliphatic carbocycles. The van der Waals surface area contributed by atoms with Crippen molar-refractivity contribution in [2.24, 2.45) is 0 Å². The molecule has 1 aromatic carbocycles. The summed E-state index contributed by atoms with van der Waals surface area (Å²) in [5.74, 6) is 0. The second-order valence-electron chi connectivity index (χ2n) is 6.75. The van der Waals surface area contributed by atoms with Gasteiger partial charge in [0.1, 0.15) is 0 Å². The maximum Gasteiger partial charge on any atom is 0.0403 e. The molecule has 0 aromatic heterocycles.